The maximum absolute atomic E-state index is 2.50. The molecule has 0 nitrogen and oxygen atoms in total. The third-order valence-corrected chi connectivity index (χ3v) is 12.8. The number of hydrogen-bond acceptors (Lipinski definition) is 0. The molecule has 0 amide bonds. The summed E-state index contributed by atoms with van der Waals surface area (Å²) in [5.41, 5.74) is 10.2. The van der Waals surface area contributed by atoms with Crippen LogP contribution >= 0.6 is 0 Å². The van der Waals surface area contributed by atoms with E-state index in [1.165, 1.54) is 120 Å². The van der Waals surface area contributed by atoms with Gasteiger partial charge in [-0.3, -0.25) is 0 Å². The summed E-state index contributed by atoms with van der Waals surface area (Å²) in [5.74, 6) is 0. The first-order chi connectivity index (χ1) is 28.0. The minimum Gasteiger partial charge on any atom is -0.0738 e. The van der Waals surface area contributed by atoms with Gasteiger partial charge in [0.25, 0.3) is 0 Å². The Bertz CT molecular complexity index is 3510. The van der Waals surface area contributed by atoms with Crippen LogP contribution in [0.5, 0.6) is 0 Å². The standard InChI is InChI=1S/C57H38/c1-57(2)31-30-49(53-33-38-32-51-43-19-7-5-17-41(43)42-18-6-8-20-44(42)52(51)34-50(38)56(53)57)55-47-23-11-9-21-45(47)54(46-22-10-12-24-48(46)55)37-28-26-36(27-29-37)40-25-13-15-35-14-3-4-16-39(35)40/h3-34H,1-2H3. The molecule has 10 aromatic carbocycles. The molecule has 0 heteroatoms. The molecule has 0 N–H and O–H groups in total. The molecule has 266 valence electrons. The van der Waals surface area contributed by atoms with E-state index in [0.717, 1.165) is 0 Å². The topological polar surface area (TPSA) is 0 Å². The Morgan fingerprint density at radius 3 is 1.46 bits per heavy atom. The van der Waals surface area contributed by atoms with E-state index in [1.807, 2.05) is 0 Å². The molecule has 2 aliphatic rings. The molecule has 0 saturated carbocycles. The summed E-state index contributed by atoms with van der Waals surface area (Å²) in [4.78, 5) is 0. The summed E-state index contributed by atoms with van der Waals surface area (Å²) in [6, 6.07) is 65.4. The van der Waals surface area contributed by atoms with Crippen molar-refractivity contribution in [2.24, 2.45) is 5.41 Å². The Morgan fingerprint density at radius 2 is 0.842 bits per heavy atom. The number of benzene rings is 10. The normalized spacial score (nSPS) is 14.6. The quantitative estimate of drug-likeness (QED) is 0.126. The maximum atomic E-state index is 2.50. The van der Waals surface area contributed by atoms with Crippen LogP contribution in [0.2, 0.25) is 0 Å². The lowest BCUT2D eigenvalue weighted by Crippen LogP contribution is -2.28. The summed E-state index contributed by atoms with van der Waals surface area (Å²) < 4.78 is 0. The Hall–Kier alpha value is -7.02. The highest BCUT2D eigenvalue weighted by Gasteiger charge is 2.33. The van der Waals surface area contributed by atoms with E-state index in [1.54, 1.807) is 0 Å². The molecular weight excluding hydrogens is 685 g/mol. The predicted molar refractivity (Wildman–Crippen MR) is 246 cm³/mol. The fraction of sp³-hybridized carbons (Fsp3) is 0.0526. The molecule has 0 fully saturated rings. The third-order valence-electron chi connectivity index (χ3n) is 12.8. The van der Waals surface area contributed by atoms with Gasteiger partial charge in [-0.2, -0.15) is 0 Å². The SMILES string of the molecule is CC1(C)C=CC(c2c3ccccc3c(-c3ccc(-c4cccc5ccccc45)cc3)c3ccccc23)=C2C=c3cc4c5ccccc5c5ccccc5c4cc3=C21. The highest BCUT2D eigenvalue weighted by Crippen LogP contribution is 2.49. The summed E-state index contributed by atoms with van der Waals surface area (Å²) in [6.07, 6.45) is 7.34. The van der Waals surface area contributed by atoms with Crippen LogP contribution in [0.1, 0.15) is 19.4 Å². The van der Waals surface area contributed by atoms with Crippen molar-refractivity contribution in [2.45, 2.75) is 13.8 Å². The molecule has 0 aromatic heterocycles. The number of fused-ring (bicyclic) bond motifs is 11. The van der Waals surface area contributed by atoms with E-state index in [4.69, 9.17) is 0 Å². The highest BCUT2D eigenvalue weighted by molar-refractivity contribution is 6.26. The van der Waals surface area contributed by atoms with E-state index in [0.29, 0.717) is 0 Å². The molecule has 0 spiro atoms. The molecular formula is C57H38. The van der Waals surface area contributed by atoms with Crippen molar-refractivity contribution in [3.8, 4) is 22.3 Å². The van der Waals surface area contributed by atoms with Crippen LogP contribution in [0.4, 0.5) is 0 Å². The predicted octanol–water partition coefficient (Wildman–Crippen LogP) is 13.9. The highest BCUT2D eigenvalue weighted by atomic mass is 14.4. The lowest BCUT2D eigenvalue weighted by Gasteiger charge is -2.31. The number of hydrogen-bond donors (Lipinski definition) is 0. The van der Waals surface area contributed by atoms with Crippen LogP contribution in [0.25, 0.3) is 104 Å². The summed E-state index contributed by atoms with van der Waals surface area (Å²) in [7, 11) is 0. The Balaban J connectivity index is 1.11. The second-order valence-corrected chi connectivity index (χ2v) is 16.4. The fourth-order valence-corrected chi connectivity index (χ4v) is 10.3. The number of rotatable bonds is 3. The summed E-state index contributed by atoms with van der Waals surface area (Å²) in [5, 5.41) is 18.2. The van der Waals surface area contributed by atoms with Crippen LogP contribution in [-0.2, 0) is 0 Å². The average Bonchev–Trinajstić information content (AvgIpc) is 3.65. The van der Waals surface area contributed by atoms with Gasteiger partial charge in [0.2, 0.25) is 0 Å². The van der Waals surface area contributed by atoms with Crippen molar-refractivity contribution in [2.75, 3.05) is 0 Å². The van der Waals surface area contributed by atoms with E-state index >= 15 is 0 Å². The lowest BCUT2D eigenvalue weighted by atomic mass is 9.73. The van der Waals surface area contributed by atoms with Gasteiger partial charge in [-0.05, 0) is 138 Å². The van der Waals surface area contributed by atoms with Gasteiger partial charge in [0.15, 0.2) is 0 Å². The molecule has 0 unspecified atom stereocenters. The van der Waals surface area contributed by atoms with Gasteiger partial charge in [-0.1, -0.05) is 190 Å². The van der Waals surface area contributed by atoms with Gasteiger partial charge in [0, 0.05) is 5.41 Å². The Labute approximate surface area is 331 Å². The molecule has 2 aliphatic carbocycles. The lowest BCUT2D eigenvalue weighted by molar-refractivity contribution is 0.645. The zero-order valence-corrected chi connectivity index (χ0v) is 32.0. The van der Waals surface area contributed by atoms with Gasteiger partial charge in [0.05, 0.1) is 0 Å². The molecule has 12 rings (SSSR count). The zero-order valence-electron chi connectivity index (χ0n) is 32.0. The van der Waals surface area contributed by atoms with Crippen molar-refractivity contribution in [3.63, 3.8) is 0 Å². The second kappa shape index (κ2) is 12.0. The summed E-state index contributed by atoms with van der Waals surface area (Å²) >= 11 is 0. The minimum atomic E-state index is -0.141. The van der Waals surface area contributed by atoms with Crippen LogP contribution in [0.15, 0.2) is 194 Å². The third kappa shape index (κ3) is 4.68. The summed E-state index contributed by atoms with van der Waals surface area (Å²) in [6.45, 7) is 4.75. The van der Waals surface area contributed by atoms with Crippen molar-refractivity contribution in [1.82, 2.24) is 0 Å². The van der Waals surface area contributed by atoms with Gasteiger partial charge in [0.1, 0.15) is 0 Å². The second-order valence-electron chi connectivity index (χ2n) is 16.4. The van der Waals surface area contributed by atoms with Gasteiger partial charge >= 0.3 is 0 Å². The molecule has 0 aliphatic heterocycles. The molecule has 57 heavy (non-hydrogen) atoms. The largest absolute Gasteiger partial charge is 0.0738 e. The van der Waals surface area contributed by atoms with Crippen molar-refractivity contribution in [3.05, 3.63) is 210 Å². The first kappa shape index (κ1) is 32.2. The van der Waals surface area contributed by atoms with Crippen LogP contribution in [0, 0.1) is 5.41 Å². The van der Waals surface area contributed by atoms with E-state index in [-0.39, 0.29) is 5.41 Å². The van der Waals surface area contributed by atoms with E-state index in [2.05, 4.69) is 208 Å². The molecule has 0 saturated heterocycles. The average molecular weight is 723 g/mol. The number of allylic oxidation sites excluding steroid dienone is 4. The molecule has 10 aromatic rings. The molecule has 0 atom stereocenters. The zero-order chi connectivity index (χ0) is 37.8. The smallest absolute Gasteiger partial charge is 0.00909 e. The Morgan fingerprint density at radius 1 is 0.368 bits per heavy atom. The van der Waals surface area contributed by atoms with Crippen molar-refractivity contribution in [1.29, 1.82) is 0 Å². The van der Waals surface area contributed by atoms with Gasteiger partial charge in [-0.15, -0.1) is 0 Å². The van der Waals surface area contributed by atoms with Gasteiger partial charge in [-0.25, -0.2) is 0 Å². The minimum absolute atomic E-state index is 0.141. The molecule has 0 heterocycles. The van der Waals surface area contributed by atoms with Crippen molar-refractivity contribution >= 4 is 81.9 Å². The first-order valence-electron chi connectivity index (χ1n) is 20.1. The van der Waals surface area contributed by atoms with Crippen LogP contribution in [0.3, 0.4) is 0 Å². The van der Waals surface area contributed by atoms with E-state index < -0.39 is 0 Å². The van der Waals surface area contributed by atoms with E-state index in [9.17, 15) is 0 Å². The monoisotopic (exact) mass is 722 g/mol. The maximum Gasteiger partial charge on any atom is 0.00909 e. The molecule has 0 bridgehead atoms. The molecule has 0 radical (unpaired) electrons. The van der Waals surface area contributed by atoms with Crippen LogP contribution < -0.4 is 10.4 Å². The van der Waals surface area contributed by atoms with Crippen molar-refractivity contribution < 1.29 is 0 Å². The first-order valence-corrected chi connectivity index (χ1v) is 20.1. The fourth-order valence-electron chi connectivity index (χ4n) is 10.3. The Kier molecular flexibility index (Phi) is 6.78. The van der Waals surface area contributed by atoms with Crippen LogP contribution in [-0.4, -0.2) is 0 Å². The van der Waals surface area contributed by atoms with Gasteiger partial charge < -0.3 is 0 Å².